The number of hydrogen-bond acceptors (Lipinski definition) is 0. The monoisotopic (exact) mass is 227 g/mol. The van der Waals surface area contributed by atoms with Crippen molar-refractivity contribution in [3.05, 3.63) is 34.2 Å². The lowest BCUT2D eigenvalue weighted by molar-refractivity contribution is 0.628. The number of aryl methyl sites for hydroxylation is 1. The van der Waals surface area contributed by atoms with Gasteiger partial charge in [-0.3, -0.25) is 0 Å². The largest absolute Gasteiger partial charge is 0.347 e. The van der Waals surface area contributed by atoms with Gasteiger partial charge in [-0.2, -0.15) is 0 Å². The topological polar surface area (TPSA) is 15.8 Å². The Morgan fingerprint density at radius 3 is 2.92 bits per heavy atom. The Hall–Kier alpha value is -0.830. The average molecular weight is 228 g/mol. The van der Waals surface area contributed by atoms with Gasteiger partial charge < -0.3 is 4.98 Å². The Balaban J connectivity index is 2.89. The minimum atomic E-state index is -0.168. The molecule has 0 bridgehead atoms. The van der Waals surface area contributed by atoms with Crippen molar-refractivity contribution in [3.63, 3.8) is 0 Å². The zero-order valence-corrected chi connectivity index (χ0v) is 8.07. The van der Waals surface area contributed by atoms with Crippen LogP contribution in [0.5, 0.6) is 0 Å². The first kappa shape index (κ1) is 7.80. The first-order valence-corrected chi connectivity index (χ1v) is 4.41. The van der Waals surface area contributed by atoms with E-state index in [2.05, 4.69) is 20.9 Å². The molecule has 12 heavy (non-hydrogen) atoms. The molecule has 0 radical (unpaired) electrons. The molecule has 0 unspecified atom stereocenters. The van der Waals surface area contributed by atoms with Crippen LogP contribution in [0, 0.1) is 12.7 Å². The van der Waals surface area contributed by atoms with E-state index in [1.807, 2.05) is 12.1 Å². The minimum Gasteiger partial charge on any atom is -0.347 e. The van der Waals surface area contributed by atoms with Crippen LogP contribution in [0.15, 0.2) is 22.8 Å². The predicted molar refractivity (Wildman–Crippen MR) is 50.7 cm³/mol. The van der Waals surface area contributed by atoms with Crippen molar-refractivity contribution in [1.82, 2.24) is 4.98 Å². The lowest BCUT2D eigenvalue weighted by atomic mass is 10.2. The lowest BCUT2D eigenvalue weighted by Gasteiger charge is -1.95. The number of hydrogen-bond donors (Lipinski definition) is 1. The molecule has 0 saturated heterocycles. The first-order valence-electron chi connectivity index (χ1n) is 3.62. The van der Waals surface area contributed by atoms with Crippen LogP contribution < -0.4 is 0 Å². The summed E-state index contributed by atoms with van der Waals surface area (Å²) in [5.74, 6) is -0.168. The summed E-state index contributed by atoms with van der Waals surface area (Å²) in [6.45, 7) is 1.75. The molecule has 1 aromatic heterocycles. The minimum absolute atomic E-state index is 0.168. The zero-order valence-electron chi connectivity index (χ0n) is 6.49. The highest BCUT2D eigenvalue weighted by molar-refractivity contribution is 9.10. The highest BCUT2D eigenvalue weighted by Gasteiger charge is 2.05. The van der Waals surface area contributed by atoms with E-state index in [9.17, 15) is 4.39 Å². The fraction of sp³-hybridized carbons (Fsp3) is 0.111. The van der Waals surface area contributed by atoms with E-state index in [4.69, 9.17) is 0 Å². The van der Waals surface area contributed by atoms with Gasteiger partial charge in [-0.25, -0.2) is 4.39 Å². The summed E-state index contributed by atoms with van der Waals surface area (Å²) in [6, 6.07) is 5.53. The highest BCUT2D eigenvalue weighted by Crippen LogP contribution is 2.23. The van der Waals surface area contributed by atoms with Crippen LogP contribution in [0.25, 0.3) is 10.9 Å². The second-order valence-corrected chi connectivity index (χ2v) is 3.63. The Morgan fingerprint density at radius 2 is 2.17 bits per heavy atom. The van der Waals surface area contributed by atoms with E-state index >= 15 is 0 Å². The van der Waals surface area contributed by atoms with Crippen LogP contribution in [0.1, 0.15) is 5.56 Å². The standard InChI is InChI=1S/C9H7BrFN/c1-5-2-3-6-4-7(10)12-9(6)8(5)11/h2-4,12H,1H3. The predicted octanol–water partition coefficient (Wildman–Crippen LogP) is 3.38. The van der Waals surface area contributed by atoms with E-state index in [0.29, 0.717) is 11.1 Å². The van der Waals surface area contributed by atoms with Crippen molar-refractivity contribution < 1.29 is 4.39 Å². The Labute approximate surface area is 77.7 Å². The molecule has 0 spiro atoms. The van der Waals surface area contributed by atoms with E-state index in [0.717, 1.165) is 9.99 Å². The van der Waals surface area contributed by atoms with Crippen molar-refractivity contribution in [3.8, 4) is 0 Å². The van der Waals surface area contributed by atoms with Crippen LogP contribution in [-0.2, 0) is 0 Å². The van der Waals surface area contributed by atoms with Gasteiger partial charge >= 0.3 is 0 Å². The molecule has 1 N–H and O–H groups in total. The van der Waals surface area contributed by atoms with Gasteiger partial charge in [-0.15, -0.1) is 0 Å². The van der Waals surface area contributed by atoms with Crippen molar-refractivity contribution >= 4 is 26.8 Å². The van der Waals surface area contributed by atoms with Gasteiger partial charge in [-0.05, 0) is 34.5 Å². The van der Waals surface area contributed by atoms with E-state index in [-0.39, 0.29) is 5.82 Å². The van der Waals surface area contributed by atoms with Crippen LogP contribution in [-0.4, -0.2) is 4.98 Å². The number of H-pyrrole nitrogens is 1. The molecule has 0 fully saturated rings. The molecular formula is C9H7BrFN. The maximum Gasteiger partial charge on any atom is 0.150 e. The SMILES string of the molecule is Cc1ccc2cc(Br)[nH]c2c1F. The summed E-state index contributed by atoms with van der Waals surface area (Å²) in [7, 11) is 0. The molecular weight excluding hydrogens is 221 g/mol. The fourth-order valence-electron chi connectivity index (χ4n) is 1.23. The Bertz CT molecular complexity index is 433. The van der Waals surface area contributed by atoms with Crippen LogP contribution in [0.3, 0.4) is 0 Å². The summed E-state index contributed by atoms with van der Waals surface area (Å²) in [4.78, 5) is 2.91. The molecule has 1 heterocycles. The van der Waals surface area contributed by atoms with Gasteiger partial charge in [-0.1, -0.05) is 12.1 Å². The van der Waals surface area contributed by atoms with Gasteiger partial charge in [0, 0.05) is 5.39 Å². The van der Waals surface area contributed by atoms with E-state index in [1.165, 1.54) is 0 Å². The van der Waals surface area contributed by atoms with Crippen molar-refractivity contribution in [2.45, 2.75) is 6.92 Å². The fourth-order valence-corrected chi connectivity index (χ4v) is 1.68. The average Bonchev–Trinajstić information content (AvgIpc) is 2.39. The summed E-state index contributed by atoms with van der Waals surface area (Å²) in [6.07, 6.45) is 0. The van der Waals surface area contributed by atoms with Gasteiger partial charge in [0.2, 0.25) is 0 Å². The number of nitrogens with one attached hydrogen (secondary N) is 1. The van der Waals surface area contributed by atoms with Gasteiger partial charge in [0.1, 0.15) is 5.82 Å². The molecule has 2 rings (SSSR count). The molecule has 62 valence electrons. The molecule has 1 aromatic carbocycles. The van der Waals surface area contributed by atoms with Crippen molar-refractivity contribution in [2.75, 3.05) is 0 Å². The normalized spacial score (nSPS) is 10.9. The molecule has 0 saturated carbocycles. The smallest absolute Gasteiger partial charge is 0.150 e. The molecule has 3 heteroatoms. The number of benzene rings is 1. The zero-order chi connectivity index (χ0) is 8.72. The molecule has 0 aliphatic carbocycles. The number of rotatable bonds is 0. The summed E-state index contributed by atoms with van der Waals surface area (Å²) in [5.41, 5.74) is 1.23. The highest BCUT2D eigenvalue weighted by atomic mass is 79.9. The second kappa shape index (κ2) is 2.59. The van der Waals surface area contributed by atoms with Crippen molar-refractivity contribution in [2.24, 2.45) is 0 Å². The van der Waals surface area contributed by atoms with E-state index < -0.39 is 0 Å². The van der Waals surface area contributed by atoms with Gasteiger partial charge in [0.05, 0.1) is 10.1 Å². The number of fused-ring (bicyclic) bond motifs is 1. The number of halogens is 2. The summed E-state index contributed by atoms with van der Waals surface area (Å²) in [5, 5.41) is 0.893. The van der Waals surface area contributed by atoms with Gasteiger partial charge in [0.25, 0.3) is 0 Å². The number of aromatic amines is 1. The quantitative estimate of drug-likeness (QED) is 0.711. The number of aromatic nitrogens is 1. The second-order valence-electron chi connectivity index (χ2n) is 2.78. The maximum absolute atomic E-state index is 13.4. The molecule has 0 aliphatic rings. The summed E-state index contributed by atoms with van der Waals surface area (Å²) >= 11 is 3.26. The Morgan fingerprint density at radius 1 is 1.42 bits per heavy atom. The molecule has 0 amide bonds. The maximum atomic E-state index is 13.4. The van der Waals surface area contributed by atoms with Gasteiger partial charge in [0.15, 0.2) is 0 Å². The lowest BCUT2D eigenvalue weighted by Crippen LogP contribution is -1.82. The van der Waals surface area contributed by atoms with E-state index in [1.54, 1.807) is 13.0 Å². The molecule has 2 aromatic rings. The first-order chi connectivity index (χ1) is 5.68. The molecule has 0 aliphatic heterocycles. The molecule has 1 nitrogen and oxygen atoms in total. The van der Waals surface area contributed by atoms with Crippen LogP contribution >= 0.6 is 15.9 Å². The third kappa shape index (κ3) is 1.05. The third-order valence-electron chi connectivity index (χ3n) is 1.89. The Kier molecular flexibility index (Phi) is 1.68. The van der Waals surface area contributed by atoms with Crippen LogP contribution in [0.4, 0.5) is 4.39 Å². The molecule has 0 atom stereocenters. The van der Waals surface area contributed by atoms with Crippen molar-refractivity contribution in [1.29, 1.82) is 0 Å². The third-order valence-corrected chi connectivity index (χ3v) is 2.32. The van der Waals surface area contributed by atoms with Crippen LogP contribution in [0.2, 0.25) is 0 Å². The summed E-state index contributed by atoms with van der Waals surface area (Å²) < 4.78 is 14.2.